The summed E-state index contributed by atoms with van der Waals surface area (Å²) in [7, 11) is 0. The Bertz CT molecular complexity index is 190. The first-order chi connectivity index (χ1) is 6.73. The van der Waals surface area contributed by atoms with Gasteiger partial charge in [0.25, 0.3) is 0 Å². The minimum atomic E-state index is 0.455. The third kappa shape index (κ3) is 2.27. The van der Waals surface area contributed by atoms with Gasteiger partial charge in [0.1, 0.15) is 0 Å². The lowest BCUT2D eigenvalue weighted by Gasteiger charge is -2.36. The number of morpholine rings is 1. The van der Waals surface area contributed by atoms with Crippen molar-refractivity contribution in [1.29, 1.82) is 0 Å². The maximum atomic E-state index is 5.54. The van der Waals surface area contributed by atoms with Crippen LogP contribution in [0.15, 0.2) is 0 Å². The lowest BCUT2D eigenvalue weighted by Crippen LogP contribution is -2.50. The molecule has 0 aromatic rings. The van der Waals surface area contributed by atoms with Crippen molar-refractivity contribution < 1.29 is 4.74 Å². The van der Waals surface area contributed by atoms with Gasteiger partial charge in [-0.15, -0.1) is 0 Å². The van der Waals surface area contributed by atoms with Crippen LogP contribution < -0.4 is 5.32 Å². The highest BCUT2D eigenvalue weighted by molar-refractivity contribution is 5.05. The number of hydrogen-bond donors (Lipinski definition) is 1. The molecule has 3 heteroatoms. The normalized spacial score (nSPS) is 25.9. The van der Waals surface area contributed by atoms with Gasteiger partial charge in [-0.3, -0.25) is 4.90 Å². The first kappa shape index (κ1) is 10.4. The van der Waals surface area contributed by atoms with Crippen LogP contribution in [0.3, 0.4) is 0 Å². The van der Waals surface area contributed by atoms with Gasteiger partial charge < -0.3 is 10.1 Å². The summed E-state index contributed by atoms with van der Waals surface area (Å²) in [4.78, 5) is 2.62. The van der Waals surface area contributed by atoms with Crippen molar-refractivity contribution in [3.05, 3.63) is 0 Å². The third-order valence-corrected chi connectivity index (χ3v) is 3.31. The highest BCUT2D eigenvalue weighted by Gasteiger charge is 2.49. The highest BCUT2D eigenvalue weighted by atomic mass is 16.5. The molecule has 1 heterocycles. The SMILES string of the molecule is CC(C)NCCN1CCOCC12CC2. The minimum absolute atomic E-state index is 0.455. The second-order valence-electron chi connectivity index (χ2n) is 4.87. The lowest BCUT2D eigenvalue weighted by molar-refractivity contribution is -0.0195. The van der Waals surface area contributed by atoms with Crippen LogP contribution in [0.5, 0.6) is 0 Å². The molecule has 0 radical (unpaired) electrons. The summed E-state index contributed by atoms with van der Waals surface area (Å²) < 4.78 is 5.54. The Kier molecular flexibility index (Phi) is 3.10. The van der Waals surface area contributed by atoms with E-state index >= 15 is 0 Å². The van der Waals surface area contributed by atoms with E-state index in [0.29, 0.717) is 11.6 Å². The van der Waals surface area contributed by atoms with Gasteiger partial charge in [0.15, 0.2) is 0 Å². The van der Waals surface area contributed by atoms with Crippen molar-refractivity contribution in [2.24, 2.45) is 0 Å². The van der Waals surface area contributed by atoms with Gasteiger partial charge in [0.2, 0.25) is 0 Å². The summed E-state index contributed by atoms with van der Waals surface area (Å²) in [5.74, 6) is 0. The van der Waals surface area contributed by atoms with E-state index in [0.717, 1.165) is 26.3 Å². The van der Waals surface area contributed by atoms with E-state index in [1.807, 2.05) is 0 Å². The molecule has 1 spiro atoms. The van der Waals surface area contributed by atoms with E-state index in [4.69, 9.17) is 4.74 Å². The molecule has 2 aliphatic rings. The summed E-state index contributed by atoms with van der Waals surface area (Å²) in [6.07, 6.45) is 2.68. The van der Waals surface area contributed by atoms with E-state index in [9.17, 15) is 0 Å². The van der Waals surface area contributed by atoms with Crippen LogP contribution in [0.2, 0.25) is 0 Å². The summed E-state index contributed by atoms with van der Waals surface area (Å²) in [6, 6.07) is 0.603. The first-order valence-corrected chi connectivity index (χ1v) is 5.79. The number of ether oxygens (including phenoxy) is 1. The van der Waals surface area contributed by atoms with E-state index in [1.54, 1.807) is 0 Å². The third-order valence-electron chi connectivity index (χ3n) is 3.31. The Hall–Kier alpha value is -0.120. The maximum Gasteiger partial charge on any atom is 0.0651 e. The Morgan fingerprint density at radius 3 is 2.86 bits per heavy atom. The fourth-order valence-electron chi connectivity index (χ4n) is 2.21. The Balaban J connectivity index is 1.73. The molecule has 0 atom stereocenters. The van der Waals surface area contributed by atoms with Gasteiger partial charge >= 0.3 is 0 Å². The van der Waals surface area contributed by atoms with E-state index in [2.05, 4.69) is 24.1 Å². The number of rotatable bonds is 4. The predicted octanol–water partition coefficient (Wildman–Crippen LogP) is 0.849. The van der Waals surface area contributed by atoms with Gasteiger partial charge in [0, 0.05) is 31.2 Å². The topological polar surface area (TPSA) is 24.5 Å². The molecule has 1 aliphatic heterocycles. The first-order valence-electron chi connectivity index (χ1n) is 5.79. The highest BCUT2D eigenvalue weighted by Crippen LogP contribution is 2.43. The zero-order valence-electron chi connectivity index (χ0n) is 9.38. The molecular weight excluding hydrogens is 176 g/mol. The Morgan fingerprint density at radius 2 is 2.21 bits per heavy atom. The summed E-state index contributed by atoms with van der Waals surface area (Å²) >= 11 is 0. The van der Waals surface area contributed by atoms with Crippen molar-refractivity contribution >= 4 is 0 Å². The molecule has 1 N–H and O–H groups in total. The van der Waals surface area contributed by atoms with Gasteiger partial charge in [-0.2, -0.15) is 0 Å². The maximum absolute atomic E-state index is 5.54. The van der Waals surface area contributed by atoms with Crippen LogP contribution in [0.25, 0.3) is 0 Å². The molecule has 0 aromatic carbocycles. The summed E-state index contributed by atoms with van der Waals surface area (Å²) in [5.41, 5.74) is 0.455. The molecule has 2 fully saturated rings. The second kappa shape index (κ2) is 4.17. The van der Waals surface area contributed by atoms with E-state index in [-0.39, 0.29) is 0 Å². The zero-order valence-corrected chi connectivity index (χ0v) is 9.38. The quantitative estimate of drug-likeness (QED) is 0.725. The zero-order chi connectivity index (χ0) is 10.0. The number of nitrogens with one attached hydrogen (secondary N) is 1. The van der Waals surface area contributed by atoms with E-state index in [1.165, 1.54) is 19.4 Å². The molecule has 1 saturated heterocycles. The van der Waals surface area contributed by atoms with Crippen LogP contribution in [0.4, 0.5) is 0 Å². The van der Waals surface area contributed by atoms with Crippen LogP contribution in [-0.2, 0) is 4.74 Å². The monoisotopic (exact) mass is 198 g/mol. The van der Waals surface area contributed by atoms with Crippen molar-refractivity contribution in [2.45, 2.75) is 38.3 Å². The molecular formula is C11H22N2O. The summed E-state index contributed by atoms with van der Waals surface area (Å²) in [6.45, 7) is 9.71. The second-order valence-corrected chi connectivity index (χ2v) is 4.87. The molecule has 1 aliphatic carbocycles. The summed E-state index contributed by atoms with van der Waals surface area (Å²) in [5, 5.41) is 3.48. The van der Waals surface area contributed by atoms with E-state index < -0.39 is 0 Å². The van der Waals surface area contributed by atoms with Gasteiger partial charge in [-0.05, 0) is 12.8 Å². The van der Waals surface area contributed by atoms with Gasteiger partial charge in [-0.1, -0.05) is 13.8 Å². The minimum Gasteiger partial charge on any atom is -0.378 e. The van der Waals surface area contributed by atoms with Crippen LogP contribution in [0, 0.1) is 0 Å². The van der Waals surface area contributed by atoms with Crippen molar-refractivity contribution in [3.8, 4) is 0 Å². The molecule has 0 aromatic heterocycles. The number of nitrogens with zero attached hydrogens (tertiary/aromatic N) is 1. The fraction of sp³-hybridized carbons (Fsp3) is 1.00. The van der Waals surface area contributed by atoms with Crippen LogP contribution >= 0.6 is 0 Å². The number of hydrogen-bond acceptors (Lipinski definition) is 3. The average molecular weight is 198 g/mol. The molecule has 0 amide bonds. The molecule has 0 bridgehead atoms. The van der Waals surface area contributed by atoms with Crippen molar-refractivity contribution in [1.82, 2.24) is 10.2 Å². The molecule has 14 heavy (non-hydrogen) atoms. The standard InChI is InChI=1S/C11H22N2O/c1-10(2)12-5-6-13-7-8-14-9-11(13)3-4-11/h10,12H,3-9H2,1-2H3. The molecule has 1 saturated carbocycles. The Labute approximate surface area is 86.8 Å². The van der Waals surface area contributed by atoms with Crippen molar-refractivity contribution in [2.75, 3.05) is 32.8 Å². The van der Waals surface area contributed by atoms with Crippen LogP contribution in [-0.4, -0.2) is 49.3 Å². The molecule has 82 valence electrons. The fourth-order valence-corrected chi connectivity index (χ4v) is 2.21. The van der Waals surface area contributed by atoms with Crippen molar-refractivity contribution in [3.63, 3.8) is 0 Å². The predicted molar refractivity (Wildman–Crippen MR) is 57.5 cm³/mol. The lowest BCUT2D eigenvalue weighted by atomic mass is 10.2. The smallest absolute Gasteiger partial charge is 0.0651 e. The molecule has 0 unspecified atom stereocenters. The average Bonchev–Trinajstić information content (AvgIpc) is 2.89. The van der Waals surface area contributed by atoms with Crippen LogP contribution in [0.1, 0.15) is 26.7 Å². The van der Waals surface area contributed by atoms with Gasteiger partial charge in [0.05, 0.1) is 13.2 Å². The Morgan fingerprint density at radius 1 is 1.43 bits per heavy atom. The molecule has 3 nitrogen and oxygen atoms in total. The largest absolute Gasteiger partial charge is 0.378 e. The molecule has 2 rings (SSSR count). The van der Waals surface area contributed by atoms with Gasteiger partial charge in [-0.25, -0.2) is 0 Å².